The number of rotatable bonds is 1. The van der Waals surface area contributed by atoms with E-state index in [2.05, 4.69) is 15.6 Å². The fraction of sp³-hybridized carbons (Fsp3) is 0.250. The Morgan fingerprint density at radius 2 is 2.60 bits per heavy atom. The van der Waals surface area contributed by atoms with Crippen LogP contribution < -0.4 is 11.1 Å². The van der Waals surface area contributed by atoms with E-state index in [1.807, 2.05) is 0 Å². The van der Waals surface area contributed by atoms with E-state index < -0.39 is 6.03 Å². The van der Waals surface area contributed by atoms with Crippen LogP contribution in [0.2, 0.25) is 0 Å². The summed E-state index contributed by atoms with van der Waals surface area (Å²) in [5.41, 5.74) is 4.83. The Morgan fingerprint density at radius 1 is 1.90 bits per heavy atom. The van der Waals surface area contributed by atoms with E-state index in [0.717, 1.165) is 0 Å². The molecule has 54 valence electrons. The molecule has 3 N–H and O–H groups in total. The molecule has 0 atom stereocenters. The number of anilines is 1. The van der Waals surface area contributed by atoms with Gasteiger partial charge >= 0.3 is 6.03 Å². The molecule has 2 amide bonds. The molecule has 1 rings (SSSR count). The molecule has 6 heteroatoms. The Balaban J connectivity index is 2.74. The van der Waals surface area contributed by atoms with Crippen molar-refractivity contribution in [3.63, 3.8) is 0 Å². The van der Waals surface area contributed by atoms with E-state index >= 15 is 0 Å². The first-order valence-electron chi connectivity index (χ1n) is 2.61. The molecule has 0 fully saturated rings. The minimum absolute atomic E-state index is 0.479. The van der Waals surface area contributed by atoms with Gasteiger partial charge in [0.2, 0.25) is 0 Å². The van der Waals surface area contributed by atoms with Crippen LogP contribution >= 0.6 is 0 Å². The molecular formula is C4H7N5O. The van der Waals surface area contributed by atoms with Crippen LogP contribution in [0.15, 0.2) is 6.20 Å². The van der Waals surface area contributed by atoms with Crippen LogP contribution in [0.5, 0.6) is 0 Å². The summed E-state index contributed by atoms with van der Waals surface area (Å²) in [4.78, 5) is 10.3. The molecule has 0 radical (unpaired) electrons. The highest BCUT2D eigenvalue weighted by molar-refractivity contribution is 5.86. The van der Waals surface area contributed by atoms with Gasteiger partial charge in [0.05, 0.1) is 6.20 Å². The third kappa shape index (κ3) is 1.22. The molecule has 0 aliphatic rings. The Labute approximate surface area is 57.0 Å². The minimum Gasteiger partial charge on any atom is -0.351 e. The van der Waals surface area contributed by atoms with Gasteiger partial charge < -0.3 is 5.73 Å². The number of aromatic nitrogens is 3. The molecule has 0 aliphatic heterocycles. The van der Waals surface area contributed by atoms with Crippen LogP contribution in [0.1, 0.15) is 0 Å². The summed E-state index contributed by atoms with van der Waals surface area (Å²) < 4.78 is 1.41. The summed E-state index contributed by atoms with van der Waals surface area (Å²) in [6.45, 7) is 0. The molecule has 0 aliphatic carbocycles. The van der Waals surface area contributed by atoms with Gasteiger partial charge in [-0.05, 0) is 0 Å². The van der Waals surface area contributed by atoms with E-state index in [1.165, 1.54) is 10.9 Å². The summed E-state index contributed by atoms with van der Waals surface area (Å²) in [5, 5.41) is 9.41. The van der Waals surface area contributed by atoms with Crippen molar-refractivity contribution >= 4 is 11.8 Å². The molecule has 0 saturated heterocycles. The number of urea groups is 1. The van der Waals surface area contributed by atoms with Gasteiger partial charge in [-0.3, -0.25) is 5.32 Å². The molecule has 0 saturated carbocycles. The van der Waals surface area contributed by atoms with Crippen LogP contribution in [0, 0.1) is 0 Å². The maximum atomic E-state index is 10.3. The van der Waals surface area contributed by atoms with Crippen LogP contribution in [0.3, 0.4) is 0 Å². The molecule has 0 aromatic carbocycles. The molecule has 1 aromatic rings. The fourth-order valence-electron chi connectivity index (χ4n) is 0.529. The monoisotopic (exact) mass is 141 g/mol. The molecule has 10 heavy (non-hydrogen) atoms. The van der Waals surface area contributed by atoms with Crippen molar-refractivity contribution < 1.29 is 4.79 Å². The highest BCUT2D eigenvalue weighted by atomic mass is 16.2. The van der Waals surface area contributed by atoms with E-state index in [1.54, 1.807) is 7.05 Å². The van der Waals surface area contributed by atoms with Gasteiger partial charge in [0.1, 0.15) is 0 Å². The van der Waals surface area contributed by atoms with Crippen molar-refractivity contribution in [2.45, 2.75) is 0 Å². The number of nitrogens with one attached hydrogen (secondary N) is 1. The average Bonchev–Trinajstić information content (AvgIpc) is 2.15. The average molecular weight is 141 g/mol. The van der Waals surface area contributed by atoms with Gasteiger partial charge in [0.15, 0.2) is 5.82 Å². The summed E-state index contributed by atoms with van der Waals surface area (Å²) in [6, 6.07) is -0.620. The van der Waals surface area contributed by atoms with Gasteiger partial charge in [-0.2, -0.15) is 0 Å². The zero-order chi connectivity index (χ0) is 7.56. The topological polar surface area (TPSA) is 85.8 Å². The van der Waals surface area contributed by atoms with Gasteiger partial charge in [-0.15, -0.1) is 5.10 Å². The number of carbonyl (C=O) groups excluding carboxylic acids is 1. The first kappa shape index (κ1) is 6.53. The SMILES string of the molecule is Cn1nncc1NC(N)=O. The summed E-state index contributed by atoms with van der Waals surface area (Å²) in [7, 11) is 1.65. The minimum atomic E-state index is -0.620. The molecule has 0 unspecified atom stereocenters. The highest BCUT2D eigenvalue weighted by Crippen LogP contribution is 1.98. The van der Waals surface area contributed by atoms with Crippen molar-refractivity contribution in [2.75, 3.05) is 5.32 Å². The number of nitrogens with zero attached hydrogens (tertiary/aromatic N) is 3. The van der Waals surface area contributed by atoms with E-state index in [9.17, 15) is 4.79 Å². The Bertz CT molecular complexity index is 242. The third-order valence-electron chi connectivity index (χ3n) is 0.966. The number of carbonyl (C=O) groups is 1. The van der Waals surface area contributed by atoms with Crippen LogP contribution in [0.4, 0.5) is 10.6 Å². The number of hydrogen-bond acceptors (Lipinski definition) is 3. The van der Waals surface area contributed by atoms with Gasteiger partial charge in [0, 0.05) is 7.05 Å². The molecule has 1 heterocycles. The van der Waals surface area contributed by atoms with Gasteiger partial charge in [-0.25, -0.2) is 9.48 Å². The number of amides is 2. The normalized spacial score (nSPS) is 9.30. The summed E-state index contributed by atoms with van der Waals surface area (Å²) >= 11 is 0. The molecular weight excluding hydrogens is 134 g/mol. The van der Waals surface area contributed by atoms with Crippen molar-refractivity contribution in [1.29, 1.82) is 0 Å². The molecule has 0 spiro atoms. The number of primary amides is 1. The number of aryl methyl sites for hydroxylation is 1. The second-order valence-electron chi connectivity index (χ2n) is 1.73. The lowest BCUT2D eigenvalue weighted by atomic mass is 10.7. The molecule has 0 bridgehead atoms. The van der Waals surface area contributed by atoms with E-state index in [0.29, 0.717) is 5.82 Å². The van der Waals surface area contributed by atoms with Crippen LogP contribution in [0.25, 0.3) is 0 Å². The van der Waals surface area contributed by atoms with Crippen molar-refractivity contribution in [3.8, 4) is 0 Å². The van der Waals surface area contributed by atoms with Crippen LogP contribution in [-0.4, -0.2) is 21.0 Å². The summed E-state index contributed by atoms with van der Waals surface area (Å²) in [5.74, 6) is 0.479. The maximum Gasteiger partial charge on any atom is 0.317 e. The van der Waals surface area contributed by atoms with Crippen molar-refractivity contribution in [3.05, 3.63) is 6.20 Å². The highest BCUT2D eigenvalue weighted by Gasteiger charge is 1.99. The lowest BCUT2D eigenvalue weighted by Gasteiger charge is -1.97. The Kier molecular flexibility index (Phi) is 1.53. The third-order valence-corrected chi connectivity index (χ3v) is 0.966. The second kappa shape index (κ2) is 2.34. The zero-order valence-corrected chi connectivity index (χ0v) is 5.40. The predicted molar refractivity (Wildman–Crippen MR) is 34.2 cm³/mol. The second-order valence-corrected chi connectivity index (χ2v) is 1.73. The summed E-state index contributed by atoms with van der Waals surface area (Å²) in [6.07, 6.45) is 1.41. The van der Waals surface area contributed by atoms with Crippen molar-refractivity contribution in [2.24, 2.45) is 12.8 Å². The largest absolute Gasteiger partial charge is 0.351 e. The first-order chi connectivity index (χ1) is 4.70. The first-order valence-corrected chi connectivity index (χ1v) is 2.61. The lowest BCUT2D eigenvalue weighted by molar-refractivity contribution is 0.259. The predicted octanol–water partition coefficient (Wildman–Crippen LogP) is -0.694. The van der Waals surface area contributed by atoms with E-state index in [-0.39, 0.29) is 0 Å². The quantitative estimate of drug-likeness (QED) is 0.542. The smallest absolute Gasteiger partial charge is 0.317 e. The zero-order valence-electron chi connectivity index (χ0n) is 5.40. The fourth-order valence-corrected chi connectivity index (χ4v) is 0.529. The van der Waals surface area contributed by atoms with Gasteiger partial charge in [0.25, 0.3) is 0 Å². The standard InChI is InChI=1S/C4H7N5O/c1-9-3(2-6-8-9)7-4(5)10/h2H,1H3,(H3,5,7,10). The van der Waals surface area contributed by atoms with Crippen LogP contribution in [-0.2, 0) is 7.05 Å². The number of hydrogen-bond donors (Lipinski definition) is 2. The Morgan fingerprint density at radius 3 is 3.00 bits per heavy atom. The van der Waals surface area contributed by atoms with Crippen molar-refractivity contribution in [1.82, 2.24) is 15.0 Å². The molecule has 6 nitrogen and oxygen atoms in total. The molecule has 1 aromatic heterocycles. The van der Waals surface area contributed by atoms with E-state index in [4.69, 9.17) is 5.73 Å². The Hall–Kier alpha value is -1.59. The van der Waals surface area contributed by atoms with Gasteiger partial charge in [-0.1, -0.05) is 5.21 Å². The lowest BCUT2D eigenvalue weighted by Crippen LogP contribution is -2.20. The number of nitrogens with two attached hydrogens (primary N) is 1. The maximum absolute atomic E-state index is 10.3.